The van der Waals surface area contributed by atoms with Crippen LogP contribution in [0.2, 0.25) is 0 Å². The highest BCUT2D eigenvalue weighted by Gasteiger charge is 2.25. The van der Waals surface area contributed by atoms with Crippen LogP contribution in [0.1, 0.15) is 109 Å². The van der Waals surface area contributed by atoms with E-state index in [1.807, 2.05) is 30.3 Å². The van der Waals surface area contributed by atoms with Crippen molar-refractivity contribution in [2.75, 3.05) is 0 Å². The van der Waals surface area contributed by atoms with Crippen molar-refractivity contribution in [3.63, 3.8) is 0 Å². The summed E-state index contributed by atoms with van der Waals surface area (Å²) >= 11 is 0. The summed E-state index contributed by atoms with van der Waals surface area (Å²) in [4.78, 5) is 22.5. The third-order valence-corrected chi connectivity index (χ3v) is 5.76. The van der Waals surface area contributed by atoms with Crippen LogP contribution in [0.15, 0.2) is 30.3 Å². The molecule has 0 aliphatic rings. The fourth-order valence-electron chi connectivity index (χ4n) is 3.97. The Balaban J connectivity index is 2.54. The number of carboxylic acids is 1. The van der Waals surface area contributed by atoms with Crippen molar-refractivity contribution < 1.29 is 24.2 Å². The number of hydrogen-bond donors (Lipinski definition) is 1. The van der Waals surface area contributed by atoms with E-state index < -0.39 is 5.97 Å². The van der Waals surface area contributed by atoms with E-state index in [9.17, 15) is 9.59 Å². The van der Waals surface area contributed by atoms with Crippen LogP contribution in [-0.4, -0.2) is 29.3 Å². The lowest BCUT2D eigenvalue weighted by atomic mass is 9.99. The molecule has 1 rings (SSSR count). The van der Waals surface area contributed by atoms with Gasteiger partial charge in [0.15, 0.2) is 0 Å². The summed E-state index contributed by atoms with van der Waals surface area (Å²) in [5, 5.41) is 8.88. The molecular formula is C27H44O5. The van der Waals surface area contributed by atoms with E-state index in [2.05, 4.69) is 6.92 Å². The first-order valence-corrected chi connectivity index (χ1v) is 12.6. The fourth-order valence-corrected chi connectivity index (χ4v) is 3.97. The number of aliphatic carboxylic acids is 1. The van der Waals surface area contributed by atoms with Gasteiger partial charge in [-0.1, -0.05) is 95.0 Å². The van der Waals surface area contributed by atoms with Crippen LogP contribution in [-0.2, 0) is 25.7 Å². The summed E-state index contributed by atoms with van der Waals surface area (Å²) in [6, 6.07) is 10.0. The molecule has 0 aliphatic carbocycles. The number of unbranched alkanes of at least 4 members (excludes halogenated alkanes) is 9. The highest BCUT2D eigenvalue weighted by atomic mass is 16.6. The van der Waals surface area contributed by atoms with Crippen molar-refractivity contribution in [2.45, 2.75) is 123 Å². The molecule has 0 fully saturated rings. The topological polar surface area (TPSA) is 72.8 Å². The average Bonchev–Trinajstić information content (AvgIpc) is 2.77. The molecule has 1 aromatic carbocycles. The molecule has 32 heavy (non-hydrogen) atoms. The van der Waals surface area contributed by atoms with Gasteiger partial charge in [0.05, 0.1) is 12.7 Å². The van der Waals surface area contributed by atoms with E-state index in [4.69, 9.17) is 14.6 Å². The highest BCUT2D eigenvalue weighted by molar-refractivity contribution is 5.66. The van der Waals surface area contributed by atoms with Gasteiger partial charge in [0.1, 0.15) is 6.10 Å². The van der Waals surface area contributed by atoms with E-state index in [0.29, 0.717) is 25.9 Å². The Hall–Kier alpha value is -1.88. The van der Waals surface area contributed by atoms with E-state index in [-0.39, 0.29) is 24.6 Å². The second-order valence-corrected chi connectivity index (χ2v) is 8.74. The first-order chi connectivity index (χ1) is 15.5. The molecular weight excluding hydrogens is 404 g/mol. The van der Waals surface area contributed by atoms with Gasteiger partial charge < -0.3 is 14.6 Å². The van der Waals surface area contributed by atoms with Gasteiger partial charge in [-0.05, 0) is 31.2 Å². The molecule has 2 unspecified atom stereocenters. The Morgan fingerprint density at radius 2 is 1.38 bits per heavy atom. The lowest BCUT2D eigenvalue weighted by Gasteiger charge is -2.27. The van der Waals surface area contributed by atoms with E-state index in [1.165, 1.54) is 51.9 Å². The fraction of sp³-hybridized carbons (Fsp3) is 0.704. The van der Waals surface area contributed by atoms with E-state index >= 15 is 0 Å². The first kappa shape index (κ1) is 28.2. The minimum atomic E-state index is -0.791. The molecule has 1 aromatic rings. The van der Waals surface area contributed by atoms with Gasteiger partial charge in [0.25, 0.3) is 0 Å². The van der Waals surface area contributed by atoms with Gasteiger partial charge in [-0.2, -0.15) is 0 Å². The van der Waals surface area contributed by atoms with Crippen molar-refractivity contribution >= 4 is 11.9 Å². The van der Waals surface area contributed by atoms with Crippen LogP contribution >= 0.6 is 0 Å². The quantitative estimate of drug-likeness (QED) is 0.171. The number of carbonyl (C=O) groups excluding carboxylic acids is 1. The molecule has 5 nitrogen and oxygen atoms in total. The van der Waals surface area contributed by atoms with Crippen LogP contribution in [0.5, 0.6) is 0 Å². The van der Waals surface area contributed by atoms with Crippen LogP contribution in [0, 0.1) is 0 Å². The number of carboxylic acid groups (broad SMARTS) is 1. The van der Waals surface area contributed by atoms with Gasteiger partial charge in [0, 0.05) is 13.3 Å². The predicted molar refractivity (Wildman–Crippen MR) is 129 cm³/mol. The number of esters is 1. The predicted octanol–water partition coefficient (Wildman–Crippen LogP) is 7.07. The molecule has 0 heterocycles. The average molecular weight is 449 g/mol. The minimum absolute atomic E-state index is 0.139. The first-order valence-electron chi connectivity index (χ1n) is 12.6. The number of carbonyl (C=O) groups is 2. The van der Waals surface area contributed by atoms with Crippen LogP contribution in [0.4, 0.5) is 0 Å². The van der Waals surface area contributed by atoms with Crippen LogP contribution < -0.4 is 0 Å². The maximum absolute atomic E-state index is 11.7. The van der Waals surface area contributed by atoms with E-state index in [0.717, 1.165) is 24.8 Å². The monoisotopic (exact) mass is 448 g/mol. The zero-order valence-corrected chi connectivity index (χ0v) is 20.2. The minimum Gasteiger partial charge on any atom is -0.481 e. The number of rotatable bonds is 20. The lowest BCUT2D eigenvalue weighted by molar-refractivity contribution is -0.157. The summed E-state index contributed by atoms with van der Waals surface area (Å²) < 4.78 is 11.9. The van der Waals surface area contributed by atoms with Gasteiger partial charge >= 0.3 is 11.9 Å². The molecule has 0 spiro atoms. The third kappa shape index (κ3) is 15.0. The Morgan fingerprint density at radius 1 is 0.812 bits per heavy atom. The molecule has 1 N–H and O–H groups in total. The summed E-state index contributed by atoms with van der Waals surface area (Å²) in [6.07, 6.45) is 13.7. The summed E-state index contributed by atoms with van der Waals surface area (Å²) in [6.45, 7) is 4.15. The standard InChI is InChI=1S/C27H44O5/c1-3-4-5-6-7-8-9-10-14-19-25(31-22-24-17-12-11-13-18-24)26(32-23(2)28)20-15-16-21-27(29)30/h11-13,17-18,25-26H,3-10,14-16,19-22H2,1-2H3,(H,29,30). The van der Waals surface area contributed by atoms with Crippen molar-refractivity contribution in [1.29, 1.82) is 0 Å². The largest absolute Gasteiger partial charge is 0.481 e. The normalized spacial score (nSPS) is 12.9. The zero-order valence-electron chi connectivity index (χ0n) is 20.2. The molecule has 5 heteroatoms. The maximum atomic E-state index is 11.7. The third-order valence-electron chi connectivity index (χ3n) is 5.76. The van der Waals surface area contributed by atoms with Crippen molar-refractivity contribution in [1.82, 2.24) is 0 Å². The Morgan fingerprint density at radius 3 is 1.97 bits per heavy atom. The van der Waals surface area contributed by atoms with Crippen molar-refractivity contribution in [3.05, 3.63) is 35.9 Å². The van der Waals surface area contributed by atoms with Crippen molar-refractivity contribution in [3.8, 4) is 0 Å². The lowest BCUT2D eigenvalue weighted by Crippen LogP contribution is -2.33. The molecule has 0 aromatic heterocycles. The highest BCUT2D eigenvalue weighted by Crippen LogP contribution is 2.21. The number of benzene rings is 1. The van der Waals surface area contributed by atoms with E-state index in [1.54, 1.807) is 0 Å². The molecule has 0 amide bonds. The smallest absolute Gasteiger partial charge is 0.303 e. The van der Waals surface area contributed by atoms with Crippen LogP contribution in [0.3, 0.4) is 0 Å². The molecule has 0 saturated heterocycles. The SMILES string of the molecule is CCCCCCCCCCCC(OCc1ccccc1)C(CCCCC(=O)O)OC(C)=O. The molecule has 0 saturated carbocycles. The Kier molecular flexibility index (Phi) is 16.4. The van der Waals surface area contributed by atoms with Gasteiger partial charge in [-0.15, -0.1) is 0 Å². The van der Waals surface area contributed by atoms with Gasteiger partial charge in [0.2, 0.25) is 0 Å². The maximum Gasteiger partial charge on any atom is 0.303 e. The number of hydrogen-bond acceptors (Lipinski definition) is 4. The molecule has 0 aliphatic heterocycles. The summed E-state index contributed by atoms with van der Waals surface area (Å²) in [7, 11) is 0. The molecule has 0 bridgehead atoms. The molecule has 0 radical (unpaired) electrons. The summed E-state index contributed by atoms with van der Waals surface area (Å²) in [5.41, 5.74) is 1.09. The Labute approximate surface area is 194 Å². The number of ether oxygens (including phenoxy) is 2. The molecule has 2 atom stereocenters. The second-order valence-electron chi connectivity index (χ2n) is 8.74. The summed E-state index contributed by atoms with van der Waals surface area (Å²) in [5.74, 6) is -1.10. The van der Waals surface area contributed by atoms with Crippen LogP contribution in [0.25, 0.3) is 0 Å². The Bertz CT molecular complexity index is 601. The van der Waals surface area contributed by atoms with Gasteiger partial charge in [-0.3, -0.25) is 9.59 Å². The molecule has 182 valence electrons. The van der Waals surface area contributed by atoms with Gasteiger partial charge in [-0.25, -0.2) is 0 Å². The zero-order chi connectivity index (χ0) is 23.4. The van der Waals surface area contributed by atoms with Crippen molar-refractivity contribution in [2.24, 2.45) is 0 Å². The second kappa shape index (κ2) is 18.7.